The maximum atomic E-state index is 12.7. The van der Waals surface area contributed by atoms with E-state index in [1.54, 1.807) is 6.07 Å². The van der Waals surface area contributed by atoms with Crippen LogP contribution in [0.4, 0.5) is 5.69 Å². The SMILES string of the molecule is COc1ccc(S(=O)(=O)Nc2c(C)cccc2C(C)C)cc1Br. The van der Waals surface area contributed by atoms with Gasteiger partial charge in [-0.05, 0) is 58.1 Å². The highest BCUT2D eigenvalue weighted by Crippen LogP contribution is 2.31. The van der Waals surface area contributed by atoms with E-state index in [-0.39, 0.29) is 10.8 Å². The fourth-order valence-corrected chi connectivity index (χ4v) is 4.20. The second-order valence-corrected chi connectivity index (χ2v) is 8.13. The molecule has 2 aromatic rings. The van der Waals surface area contributed by atoms with Crippen molar-refractivity contribution in [3.05, 3.63) is 52.0 Å². The molecule has 0 aliphatic rings. The number of ether oxygens (including phenoxy) is 1. The number of hydrogen-bond acceptors (Lipinski definition) is 3. The van der Waals surface area contributed by atoms with Gasteiger partial charge in [-0.15, -0.1) is 0 Å². The summed E-state index contributed by atoms with van der Waals surface area (Å²) in [5.41, 5.74) is 2.52. The van der Waals surface area contributed by atoms with Crippen LogP contribution in [0, 0.1) is 6.92 Å². The molecule has 4 nitrogen and oxygen atoms in total. The largest absolute Gasteiger partial charge is 0.496 e. The standard InChI is InChI=1S/C17H20BrNO3S/c1-11(2)14-7-5-6-12(3)17(14)19-23(20,21)13-8-9-16(22-4)15(18)10-13/h5-11,19H,1-4H3. The molecule has 0 aliphatic heterocycles. The van der Waals surface area contributed by atoms with Crippen molar-refractivity contribution in [2.24, 2.45) is 0 Å². The molecule has 23 heavy (non-hydrogen) atoms. The zero-order valence-corrected chi connectivity index (χ0v) is 16.0. The maximum Gasteiger partial charge on any atom is 0.261 e. The quantitative estimate of drug-likeness (QED) is 0.795. The Morgan fingerprint density at radius 2 is 1.87 bits per heavy atom. The lowest BCUT2D eigenvalue weighted by atomic mass is 9.99. The predicted octanol–water partition coefficient (Wildman–Crippen LogP) is 4.69. The van der Waals surface area contributed by atoms with Crippen LogP contribution in [0.5, 0.6) is 5.75 Å². The van der Waals surface area contributed by atoms with Crippen molar-refractivity contribution < 1.29 is 13.2 Å². The van der Waals surface area contributed by atoms with Crippen molar-refractivity contribution in [2.45, 2.75) is 31.6 Å². The first-order chi connectivity index (χ1) is 10.8. The fourth-order valence-electron chi connectivity index (χ4n) is 2.32. The van der Waals surface area contributed by atoms with Gasteiger partial charge >= 0.3 is 0 Å². The smallest absolute Gasteiger partial charge is 0.261 e. The van der Waals surface area contributed by atoms with Crippen LogP contribution >= 0.6 is 15.9 Å². The molecule has 0 unspecified atom stereocenters. The molecule has 0 heterocycles. The van der Waals surface area contributed by atoms with Gasteiger partial charge in [0.1, 0.15) is 5.75 Å². The van der Waals surface area contributed by atoms with E-state index in [0.29, 0.717) is 15.9 Å². The molecule has 0 fully saturated rings. The minimum atomic E-state index is -3.67. The van der Waals surface area contributed by atoms with Crippen LogP contribution in [0.1, 0.15) is 30.9 Å². The van der Waals surface area contributed by atoms with E-state index in [1.165, 1.54) is 19.2 Å². The van der Waals surface area contributed by atoms with E-state index < -0.39 is 10.0 Å². The average Bonchev–Trinajstić information content (AvgIpc) is 2.48. The minimum absolute atomic E-state index is 0.183. The number of benzene rings is 2. The topological polar surface area (TPSA) is 55.4 Å². The Morgan fingerprint density at radius 1 is 1.17 bits per heavy atom. The highest BCUT2D eigenvalue weighted by atomic mass is 79.9. The highest BCUT2D eigenvalue weighted by molar-refractivity contribution is 9.10. The molecule has 0 atom stereocenters. The van der Waals surface area contributed by atoms with Gasteiger partial charge in [-0.3, -0.25) is 4.72 Å². The molecule has 6 heteroatoms. The van der Waals surface area contributed by atoms with Gasteiger partial charge in [0.25, 0.3) is 10.0 Å². The Labute approximate surface area is 146 Å². The summed E-state index contributed by atoms with van der Waals surface area (Å²) in [5.74, 6) is 0.804. The average molecular weight is 398 g/mol. The van der Waals surface area contributed by atoms with Crippen LogP contribution in [0.2, 0.25) is 0 Å². The summed E-state index contributed by atoms with van der Waals surface area (Å²) in [6, 6.07) is 10.5. The van der Waals surface area contributed by atoms with Crippen LogP contribution in [-0.2, 0) is 10.0 Å². The van der Waals surface area contributed by atoms with Crippen molar-refractivity contribution in [1.29, 1.82) is 0 Å². The predicted molar refractivity (Wildman–Crippen MR) is 96.8 cm³/mol. The van der Waals surface area contributed by atoms with Gasteiger partial charge in [-0.25, -0.2) is 8.42 Å². The third-order valence-corrected chi connectivity index (χ3v) is 5.56. The van der Waals surface area contributed by atoms with Gasteiger partial charge in [0, 0.05) is 0 Å². The summed E-state index contributed by atoms with van der Waals surface area (Å²) in [6.07, 6.45) is 0. The van der Waals surface area contributed by atoms with Gasteiger partial charge in [-0.2, -0.15) is 0 Å². The summed E-state index contributed by atoms with van der Waals surface area (Å²) < 4.78 is 33.9. The molecule has 0 radical (unpaired) electrons. The third kappa shape index (κ3) is 3.87. The Kier molecular flexibility index (Phi) is 5.37. The lowest BCUT2D eigenvalue weighted by molar-refractivity contribution is 0.411. The molecule has 0 aliphatic carbocycles. The van der Waals surface area contributed by atoms with E-state index in [9.17, 15) is 8.42 Å². The van der Waals surface area contributed by atoms with Crippen LogP contribution in [0.25, 0.3) is 0 Å². The van der Waals surface area contributed by atoms with Gasteiger partial charge in [-0.1, -0.05) is 32.0 Å². The molecule has 0 bridgehead atoms. The lowest BCUT2D eigenvalue weighted by Crippen LogP contribution is -2.15. The second-order valence-electron chi connectivity index (χ2n) is 5.60. The molecule has 0 aromatic heterocycles. The van der Waals surface area contributed by atoms with Crippen LogP contribution in [0.3, 0.4) is 0 Å². The van der Waals surface area contributed by atoms with E-state index in [2.05, 4.69) is 20.7 Å². The zero-order valence-electron chi connectivity index (χ0n) is 13.6. The van der Waals surface area contributed by atoms with Crippen LogP contribution in [0.15, 0.2) is 45.8 Å². The Balaban J connectivity index is 2.45. The fraction of sp³-hybridized carbons (Fsp3) is 0.294. The molecular weight excluding hydrogens is 378 g/mol. The minimum Gasteiger partial charge on any atom is -0.496 e. The van der Waals surface area contributed by atoms with E-state index in [1.807, 2.05) is 39.0 Å². The number of para-hydroxylation sites is 1. The van der Waals surface area contributed by atoms with E-state index in [0.717, 1.165) is 11.1 Å². The first-order valence-electron chi connectivity index (χ1n) is 7.22. The number of hydrogen-bond donors (Lipinski definition) is 1. The molecule has 0 spiro atoms. The van der Waals surface area contributed by atoms with Crippen molar-refractivity contribution in [3.63, 3.8) is 0 Å². The van der Waals surface area contributed by atoms with Crippen molar-refractivity contribution in [2.75, 3.05) is 11.8 Å². The van der Waals surface area contributed by atoms with Gasteiger partial charge in [0.2, 0.25) is 0 Å². The molecule has 0 amide bonds. The molecule has 2 aromatic carbocycles. The molecule has 0 saturated carbocycles. The van der Waals surface area contributed by atoms with Gasteiger partial charge in [0.05, 0.1) is 22.2 Å². The Morgan fingerprint density at radius 3 is 2.43 bits per heavy atom. The Hall–Kier alpha value is -1.53. The highest BCUT2D eigenvalue weighted by Gasteiger charge is 2.19. The third-order valence-electron chi connectivity index (χ3n) is 3.60. The number of nitrogens with one attached hydrogen (secondary N) is 1. The first-order valence-corrected chi connectivity index (χ1v) is 9.49. The summed E-state index contributed by atoms with van der Waals surface area (Å²) in [5, 5.41) is 0. The summed E-state index contributed by atoms with van der Waals surface area (Å²) in [6.45, 7) is 5.97. The molecule has 0 saturated heterocycles. The number of rotatable bonds is 5. The molecule has 2 rings (SSSR count). The van der Waals surface area contributed by atoms with Crippen molar-refractivity contribution in [3.8, 4) is 5.75 Å². The normalized spacial score (nSPS) is 11.6. The van der Waals surface area contributed by atoms with Crippen LogP contribution < -0.4 is 9.46 Å². The summed E-state index contributed by atoms with van der Waals surface area (Å²) >= 11 is 3.32. The van der Waals surface area contributed by atoms with Crippen molar-refractivity contribution in [1.82, 2.24) is 0 Å². The number of methoxy groups -OCH3 is 1. The van der Waals surface area contributed by atoms with E-state index >= 15 is 0 Å². The van der Waals surface area contributed by atoms with Gasteiger partial charge < -0.3 is 4.74 Å². The first kappa shape index (κ1) is 17.8. The molecular formula is C17H20BrNO3S. The number of sulfonamides is 1. The van der Waals surface area contributed by atoms with Crippen LogP contribution in [-0.4, -0.2) is 15.5 Å². The van der Waals surface area contributed by atoms with Crippen molar-refractivity contribution >= 4 is 31.6 Å². The monoisotopic (exact) mass is 397 g/mol. The van der Waals surface area contributed by atoms with E-state index in [4.69, 9.17) is 4.74 Å². The Bertz CT molecular complexity index is 817. The number of halogens is 1. The zero-order chi connectivity index (χ0) is 17.2. The summed E-state index contributed by atoms with van der Waals surface area (Å²) in [7, 11) is -2.14. The maximum absolute atomic E-state index is 12.7. The number of anilines is 1. The molecule has 1 N–H and O–H groups in total. The van der Waals surface area contributed by atoms with Gasteiger partial charge in [0.15, 0.2) is 0 Å². The number of aryl methyl sites for hydroxylation is 1. The lowest BCUT2D eigenvalue weighted by Gasteiger charge is -2.17. The second kappa shape index (κ2) is 6.93. The molecule has 124 valence electrons. The summed E-state index contributed by atoms with van der Waals surface area (Å²) in [4.78, 5) is 0.183.